The van der Waals surface area contributed by atoms with E-state index in [1.54, 1.807) is 47.0 Å². The van der Waals surface area contributed by atoms with Crippen LogP contribution in [-0.2, 0) is 13.0 Å². The molecule has 4 aromatic rings. The number of anilines is 1. The van der Waals surface area contributed by atoms with Gasteiger partial charge in [-0.25, -0.2) is 4.98 Å². The van der Waals surface area contributed by atoms with Crippen LogP contribution in [-0.4, -0.2) is 15.5 Å². The number of rotatable bonds is 4. The predicted octanol–water partition coefficient (Wildman–Crippen LogP) is 5.01. The van der Waals surface area contributed by atoms with E-state index in [4.69, 9.17) is 0 Å². The SMILES string of the molecule is O=C(Nc1ccc(N=Nc2ccccc2)cc1)c1ccc2c(=O)n3c(nc2c1)CCC3. The highest BCUT2D eigenvalue weighted by Gasteiger charge is 2.17. The van der Waals surface area contributed by atoms with E-state index in [0.29, 0.717) is 34.4 Å². The summed E-state index contributed by atoms with van der Waals surface area (Å²) >= 11 is 0. The van der Waals surface area contributed by atoms with Crippen molar-refractivity contribution in [3.8, 4) is 0 Å². The van der Waals surface area contributed by atoms with E-state index in [1.807, 2.05) is 30.3 Å². The van der Waals surface area contributed by atoms with Crippen LogP contribution in [0.25, 0.3) is 10.9 Å². The van der Waals surface area contributed by atoms with Crippen molar-refractivity contribution in [2.24, 2.45) is 10.2 Å². The van der Waals surface area contributed by atoms with Crippen LogP contribution < -0.4 is 10.9 Å². The second-order valence-corrected chi connectivity index (χ2v) is 7.36. The molecule has 3 aromatic carbocycles. The highest BCUT2D eigenvalue weighted by molar-refractivity contribution is 6.06. The molecule has 31 heavy (non-hydrogen) atoms. The van der Waals surface area contributed by atoms with E-state index in [0.717, 1.165) is 24.4 Å². The minimum absolute atomic E-state index is 0.0373. The van der Waals surface area contributed by atoms with Crippen LogP contribution in [0, 0.1) is 0 Å². The molecule has 1 aliphatic rings. The summed E-state index contributed by atoms with van der Waals surface area (Å²) < 4.78 is 1.72. The number of hydrogen-bond acceptors (Lipinski definition) is 5. The first kappa shape index (κ1) is 18.9. The van der Waals surface area contributed by atoms with Gasteiger partial charge < -0.3 is 5.32 Å². The van der Waals surface area contributed by atoms with Gasteiger partial charge in [0.05, 0.1) is 22.3 Å². The minimum atomic E-state index is -0.261. The normalized spacial score (nSPS) is 12.9. The average molecular weight is 409 g/mol. The number of aromatic nitrogens is 2. The summed E-state index contributed by atoms with van der Waals surface area (Å²) in [6.07, 6.45) is 1.71. The molecule has 7 heteroatoms. The van der Waals surface area contributed by atoms with Crippen molar-refractivity contribution in [2.45, 2.75) is 19.4 Å². The Hall–Kier alpha value is -4.13. The van der Waals surface area contributed by atoms with Gasteiger partial charge in [0.25, 0.3) is 11.5 Å². The van der Waals surface area contributed by atoms with Crippen LogP contribution in [0.5, 0.6) is 0 Å². The molecule has 0 spiro atoms. The summed E-state index contributed by atoms with van der Waals surface area (Å²) in [5, 5.41) is 11.8. The van der Waals surface area contributed by atoms with E-state index < -0.39 is 0 Å². The molecular formula is C24H19N5O2. The molecule has 1 aromatic heterocycles. The van der Waals surface area contributed by atoms with E-state index in [9.17, 15) is 9.59 Å². The maximum atomic E-state index is 12.7. The molecule has 0 bridgehead atoms. The second kappa shape index (κ2) is 7.95. The molecule has 1 N–H and O–H groups in total. The number of nitrogens with zero attached hydrogens (tertiary/aromatic N) is 4. The molecule has 0 atom stereocenters. The number of benzene rings is 3. The van der Waals surface area contributed by atoms with Gasteiger partial charge in [-0.1, -0.05) is 18.2 Å². The van der Waals surface area contributed by atoms with Gasteiger partial charge in [0, 0.05) is 24.2 Å². The van der Waals surface area contributed by atoms with Crippen molar-refractivity contribution >= 4 is 33.9 Å². The van der Waals surface area contributed by atoms with E-state index in [1.165, 1.54) is 0 Å². The van der Waals surface area contributed by atoms with Gasteiger partial charge in [0.1, 0.15) is 5.82 Å². The topological polar surface area (TPSA) is 88.7 Å². The zero-order valence-electron chi connectivity index (χ0n) is 16.7. The fourth-order valence-electron chi connectivity index (χ4n) is 3.65. The van der Waals surface area contributed by atoms with Crippen molar-refractivity contribution in [1.29, 1.82) is 0 Å². The molecule has 0 fully saturated rings. The second-order valence-electron chi connectivity index (χ2n) is 7.36. The van der Waals surface area contributed by atoms with Gasteiger partial charge in [-0.15, -0.1) is 0 Å². The Kier molecular flexibility index (Phi) is 4.84. The first-order valence-electron chi connectivity index (χ1n) is 10.1. The Morgan fingerprint density at radius 1 is 0.935 bits per heavy atom. The molecule has 1 amide bonds. The fourth-order valence-corrected chi connectivity index (χ4v) is 3.65. The largest absolute Gasteiger partial charge is 0.322 e. The Labute approximate surface area is 178 Å². The molecule has 1 aliphatic heterocycles. The smallest absolute Gasteiger partial charge is 0.261 e. The maximum absolute atomic E-state index is 12.7. The third-order valence-corrected chi connectivity index (χ3v) is 5.24. The van der Waals surface area contributed by atoms with Crippen molar-refractivity contribution in [1.82, 2.24) is 9.55 Å². The lowest BCUT2D eigenvalue weighted by Crippen LogP contribution is -2.21. The molecule has 152 valence electrons. The quantitative estimate of drug-likeness (QED) is 0.481. The first-order valence-corrected chi connectivity index (χ1v) is 10.1. The van der Waals surface area contributed by atoms with E-state index in [-0.39, 0.29) is 11.5 Å². The minimum Gasteiger partial charge on any atom is -0.322 e. The van der Waals surface area contributed by atoms with Crippen LogP contribution >= 0.6 is 0 Å². The summed E-state index contributed by atoms with van der Waals surface area (Å²) in [5.41, 5.74) is 3.08. The van der Waals surface area contributed by atoms with E-state index in [2.05, 4.69) is 20.5 Å². The molecule has 7 nitrogen and oxygen atoms in total. The van der Waals surface area contributed by atoms with Crippen molar-refractivity contribution in [3.63, 3.8) is 0 Å². The van der Waals surface area contributed by atoms with Crippen molar-refractivity contribution in [3.05, 3.63) is 94.5 Å². The highest BCUT2D eigenvalue weighted by Crippen LogP contribution is 2.21. The molecule has 5 rings (SSSR count). The summed E-state index contributed by atoms with van der Waals surface area (Å²) in [6.45, 7) is 0.709. The number of aryl methyl sites for hydroxylation is 1. The molecular weight excluding hydrogens is 390 g/mol. The Bertz CT molecular complexity index is 1360. The molecule has 0 aliphatic carbocycles. The number of nitrogens with one attached hydrogen (secondary N) is 1. The standard InChI is InChI=1S/C24H19N5O2/c30-23(16-8-13-20-21(15-16)26-22-7-4-14-29(22)24(20)31)25-17-9-11-19(12-10-17)28-27-18-5-2-1-3-6-18/h1-3,5-6,8-13,15H,4,7,14H2,(H,25,30). The zero-order valence-corrected chi connectivity index (χ0v) is 16.7. The van der Waals surface area contributed by atoms with Gasteiger partial charge in [-0.05, 0) is 61.0 Å². The third kappa shape index (κ3) is 3.85. The number of amides is 1. The van der Waals surface area contributed by atoms with Crippen LogP contribution in [0.4, 0.5) is 17.1 Å². The van der Waals surface area contributed by atoms with Crippen LogP contribution in [0.2, 0.25) is 0 Å². The Balaban J connectivity index is 1.33. The molecule has 0 radical (unpaired) electrons. The van der Waals surface area contributed by atoms with Crippen LogP contribution in [0.3, 0.4) is 0 Å². The summed E-state index contributed by atoms with van der Waals surface area (Å²) in [4.78, 5) is 29.9. The summed E-state index contributed by atoms with van der Waals surface area (Å²) in [5.74, 6) is 0.526. The number of carbonyl (C=O) groups excluding carboxylic acids is 1. The number of fused-ring (bicyclic) bond motifs is 2. The molecule has 0 saturated heterocycles. The molecule has 0 saturated carbocycles. The van der Waals surface area contributed by atoms with Crippen LogP contribution in [0.1, 0.15) is 22.6 Å². The lowest BCUT2D eigenvalue weighted by molar-refractivity contribution is 0.102. The van der Waals surface area contributed by atoms with Crippen molar-refractivity contribution < 1.29 is 4.79 Å². The van der Waals surface area contributed by atoms with Gasteiger partial charge in [-0.3, -0.25) is 14.2 Å². The maximum Gasteiger partial charge on any atom is 0.261 e. The van der Waals surface area contributed by atoms with Gasteiger partial charge in [0.2, 0.25) is 0 Å². The fraction of sp³-hybridized carbons (Fsp3) is 0.125. The molecule has 2 heterocycles. The van der Waals surface area contributed by atoms with Gasteiger partial charge in [0.15, 0.2) is 0 Å². The lowest BCUT2D eigenvalue weighted by atomic mass is 10.1. The van der Waals surface area contributed by atoms with Crippen LogP contribution in [0.15, 0.2) is 87.8 Å². The Morgan fingerprint density at radius 3 is 2.45 bits per heavy atom. The third-order valence-electron chi connectivity index (χ3n) is 5.24. The molecule has 0 unspecified atom stereocenters. The number of azo groups is 1. The first-order chi connectivity index (χ1) is 15.2. The summed E-state index contributed by atoms with van der Waals surface area (Å²) in [7, 11) is 0. The number of carbonyl (C=O) groups is 1. The monoisotopic (exact) mass is 409 g/mol. The number of hydrogen-bond donors (Lipinski definition) is 1. The van der Waals surface area contributed by atoms with E-state index >= 15 is 0 Å². The predicted molar refractivity (Wildman–Crippen MR) is 119 cm³/mol. The van der Waals surface area contributed by atoms with Gasteiger partial charge >= 0.3 is 0 Å². The lowest BCUT2D eigenvalue weighted by Gasteiger charge is -2.08. The van der Waals surface area contributed by atoms with Gasteiger partial charge in [-0.2, -0.15) is 10.2 Å². The average Bonchev–Trinajstić information content (AvgIpc) is 3.28. The highest BCUT2D eigenvalue weighted by atomic mass is 16.1. The Morgan fingerprint density at radius 2 is 1.68 bits per heavy atom. The zero-order chi connectivity index (χ0) is 21.2. The van der Waals surface area contributed by atoms with Crippen molar-refractivity contribution in [2.75, 3.05) is 5.32 Å². The summed E-state index contributed by atoms with van der Waals surface area (Å²) in [6, 6.07) is 21.6.